The zero-order valence-corrected chi connectivity index (χ0v) is 16.6. The van der Waals surface area contributed by atoms with E-state index in [4.69, 9.17) is 19.9 Å². The van der Waals surface area contributed by atoms with Crippen molar-refractivity contribution in [2.75, 3.05) is 26.9 Å². The maximum atomic E-state index is 12.5. The molecule has 0 bridgehead atoms. The zero-order chi connectivity index (χ0) is 19.9. The number of ether oxygens (including phenoxy) is 3. The van der Waals surface area contributed by atoms with E-state index >= 15 is 0 Å². The van der Waals surface area contributed by atoms with Crippen LogP contribution < -0.4 is 19.9 Å². The average molecular weight is 426 g/mol. The molecule has 0 aliphatic carbocycles. The van der Waals surface area contributed by atoms with Crippen LogP contribution in [0.5, 0.6) is 17.4 Å². The molecule has 1 heterocycles. The number of benzene rings is 2. The van der Waals surface area contributed by atoms with Crippen LogP contribution in [0.4, 0.5) is 8.78 Å². The van der Waals surface area contributed by atoms with Gasteiger partial charge in [-0.15, -0.1) is 17.5 Å². The van der Waals surface area contributed by atoms with E-state index in [1.807, 2.05) is 36.4 Å². The van der Waals surface area contributed by atoms with E-state index in [2.05, 4.69) is 5.10 Å². The van der Waals surface area contributed by atoms with Gasteiger partial charge in [0.25, 0.3) is 6.43 Å². The Balaban J connectivity index is 0.00000300. The van der Waals surface area contributed by atoms with Crippen molar-refractivity contribution in [2.45, 2.75) is 6.43 Å². The lowest BCUT2D eigenvalue weighted by atomic mass is 10.1. The largest absolute Gasteiger partial charge is 0.497 e. The van der Waals surface area contributed by atoms with Gasteiger partial charge >= 0.3 is 0 Å². The zero-order valence-electron chi connectivity index (χ0n) is 15.8. The molecule has 2 aromatic carbocycles. The molecule has 0 amide bonds. The van der Waals surface area contributed by atoms with Crippen molar-refractivity contribution in [3.63, 3.8) is 0 Å². The lowest BCUT2D eigenvalue weighted by Crippen LogP contribution is -2.10. The highest BCUT2D eigenvalue weighted by Gasteiger charge is 2.14. The monoisotopic (exact) mass is 425 g/mol. The highest BCUT2D eigenvalue weighted by molar-refractivity contribution is 5.85. The fraction of sp³-hybridized carbons (Fsp3) is 0.250. The Labute approximate surface area is 173 Å². The van der Waals surface area contributed by atoms with Crippen LogP contribution in [0.2, 0.25) is 0 Å². The molecule has 3 rings (SSSR count). The van der Waals surface area contributed by atoms with Crippen LogP contribution in [-0.4, -0.2) is 43.1 Å². The van der Waals surface area contributed by atoms with Gasteiger partial charge < -0.3 is 19.9 Å². The molecule has 0 atom stereocenters. The summed E-state index contributed by atoms with van der Waals surface area (Å²) in [5, 5.41) is 4.33. The van der Waals surface area contributed by atoms with Crippen LogP contribution in [0.15, 0.2) is 54.6 Å². The van der Waals surface area contributed by atoms with Gasteiger partial charge in [-0.2, -0.15) is 0 Å². The summed E-state index contributed by atoms with van der Waals surface area (Å²) in [4.78, 5) is 0. The highest BCUT2D eigenvalue weighted by atomic mass is 35.5. The normalized spacial score (nSPS) is 10.5. The molecular weight excluding hydrogens is 404 g/mol. The Morgan fingerprint density at radius 3 is 2.24 bits per heavy atom. The summed E-state index contributed by atoms with van der Waals surface area (Å²) in [5.74, 6) is 1.52. The first-order chi connectivity index (χ1) is 13.6. The SMILES string of the molecule is COc1ccc(-n2nc(OCC(F)F)cc2-c2ccc(OCCN)cc2)cc1.Cl. The number of hydrogen-bond donors (Lipinski definition) is 1. The number of nitrogens with zero attached hydrogens (tertiary/aromatic N) is 2. The molecular formula is C20H22ClF2N3O3. The van der Waals surface area contributed by atoms with E-state index in [1.165, 1.54) is 0 Å². The van der Waals surface area contributed by atoms with Crippen LogP contribution in [0.1, 0.15) is 0 Å². The van der Waals surface area contributed by atoms with Gasteiger partial charge in [-0.25, -0.2) is 13.5 Å². The van der Waals surface area contributed by atoms with Gasteiger partial charge in [-0.1, -0.05) is 0 Å². The number of nitrogens with two attached hydrogens (primary N) is 1. The summed E-state index contributed by atoms with van der Waals surface area (Å²) in [6, 6.07) is 16.2. The smallest absolute Gasteiger partial charge is 0.272 e. The minimum absolute atomic E-state index is 0. The van der Waals surface area contributed by atoms with Gasteiger partial charge in [-0.3, -0.25) is 0 Å². The van der Waals surface area contributed by atoms with E-state index in [1.54, 1.807) is 30.0 Å². The van der Waals surface area contributed by atoms with Crippen LogP contribution in [0, 0.1) is 0 Å². The summed E-state index contributed by atoms with van der Waals surface area (Å²) in [6.07, 6.45) is -2.58. The van der Waals surface area contributed by atoms with Crippen molar-refractivity contribution in [1.29, 1.82) is 0 Å². The Kier molecular flexibility index (Phi) is 8.23. The van der Waals surface area contributed by atoms with Gasteiger partial charge in [-0.05, 0) is 48.5 Å². The quantitative estimate of drug-likeness (QED) is 0.562. The minimum Gasteiger partial charge on any atom is -0.497 e. The summed E-state index contributed by atoms with van der Waals surface area (Å²) in [5.41, 5.74) is 7.71. The molecule has 1 aromatic heterocycles. The highest BCUT2D eigenvalue weighted by Crippen LogP contribution is 2.29. The molecule has 0 aliphatic heterocycles. The minimum atomic E-state index is -2.58. The second-order valence-electron chi connectivity index (χ2n) is 5.84. The molecule has 0 unspecified atom stereocenters. The third kappa shape index (κ3) is 5.82. The molecule has 156 valence electrons. The molecule has 6 nitrogen and oxygen atoms in total. The second-order valence-corrected chi connectivity index (χ2v) is 5.84. The summed E-state index contributed by atoms with van der Waals surface area (Å²) in [6.45, 7) is 0.135. The molecule has 0 spiro atoms. The number of alkyl halides is 2. The van der Waals surface area contributed by atoms with Gasteiger partial charge in [0, 0.05) is 18.2 Å². The van der Waals surface area contributed by atoms with Gasteiger partial charge in [0.05, 0.1) is 18.5 Å². The molecule has 0 saturated heterocycles. The summed E-state index contributed by atoms with van der Waals surface area (Å²) in [7, 11) is 1.58. The number of rotatable bonds is 9. The molecule has 0 aliphatic rings. The third-order valence-electron chi connectivity index (χ3n) is 3.90. The fourth-order valence-electron chi connectivity index (χ4n) is 2.60. The van der Waals surface area contributed by atoms with Gasteiger partial charge in [0.2, 0.25) is 5.88 Å². The lowest BCUT2D eigenvalue weighted by molar-refractivity contribution is 0.0794. The first kappa shape index (κ1) is 22.4. The average Bonchev–Trinajstić information content (AvgIpc) is 3.15. The fourth-order valence-corrected chi connectivity index (χ4v) is 2.60. The number of aromatic nitrogens is 2. The number of methoxy groups -OCH3 is 1. The first-order valence-corrected chi connectivity index (χ1v) is 8.69. The van der Waals surface area contributed by atoms with Crippen molar-refractivity contribution >= 4 is 12.4 Å². The molecule has 9 heteroatoms. The van der Waals surface area contributed by atoms with E-state index in [-0.39, 0.29) is 18.3 Å². The number of hydrogen-bond acceptors (Lipinski definition) is 5. The first-order valence-electron chi connectivity index (χ1n) is 8.69. The Morgan fingerprint density at radius 1 is 1.00 bits per heavy atom. The third-order valence-corrected chi connectivity index (χ3v) is 3.90. The topological polar surface area (TPSA) is 71.5 Å². The van der Waals surface area contributed by atoms with Crippen LogP contribution in [0.3, 0.4) is 0 Å². The molecule has 29 heavy (non-hydrogen) atoms. The Bertz CT molecular complexity index is 887. The molecule has 0 radical (unpaired) electrons. The molecule has 0 saturated carbocycles. The molecule has 3 aromatic rings. The van der Waals surface area contributed by atoms with Gasteiger partial charge in [0.15, 0.2) is 6.61 Å². The standard InChI is InChI=1S/C20H21F2N3O3.ClH/c1-26-16-8-4-15(5-9-16)25-18(12-20(24-25)28-13-19(21)22)14-2-6-17(7-3-14)27-11-10-23;/h2-9,12,19H,10-11,13,23H2,1H3;1H. The lowest BCUT2D eigenvalue weighted by Gasteiger charge is -2.09. The van der Waals surface area contributed by atoms with Crippen LogP contribution >= 0.6 is 12.4 Å². The van der Waals surface area contributed by atoms with E-state index in [9.17, 15) is 8.78 Å². The summed E-state index contributed by atoms with van der Waals surface area (Å²) < 4.78 is 42.4. The summed E-state index contributed by atoms with van der Waals surface area (Å²) >= 11 is 0. The van der Waals surface area contributed by atoms with Crippen molar-refractivity contribution < 1.29 is 23.0 Å². The van der Waals surface area contributed by atoms with Crippen LogP contribution in [0.25, 0.3) is 16.9 Å². The van der Waals surface area contributed by atoms with Gasteiger partial charge in [0.1, 0.15) is 18.1 Å². The van der Waals surface area contributed by atoms with Crippen molar-refractivity contribution in [3.05, 3.63) is 54.6 Å². The molecule has 2 N–H and O–H groups in total. The van der Waals surface area contributed by atoms with E-state index in [0.29, 0.717) is 30.3 Å². The second kappa shape index (κ2) is 10.6. The van der Waals surface area contributed by atoms with Crippen molar-refractivity contribution in [2.24, 2.45) is 5.73 Å². The predicted octanol–water partition coefficient (Wildman–Crippen LogP) is 3.95. The Morgan fingerprint density at radius 2 is 1.66 bits per heavy atom. The van der Waals surface area contributed by atoms with Crippen LogP contribution in [-0.2, 0) is 0 Å². The van der Waals surface area contributed by atoms with E-state index in [0.717, 1.165) is 11.3 Å². The maximum absolute atomic E-state index is 12.5. The predicted molar refractivity (Wildman–Crippen MR) is 109 cm³/mol. The maximum Gasteiger partial charge on any atom is 0.272 e. The van der Waals surface area contributed by atoms with Crippen molar-refractivity contribution in [1.82, 2.24) is 9.78 Å². The molecule has 0 fully saturated rings. The van der Waals surface area contributed by atoms with E-state index < -0.39 is 13.0 Å². The van der Waals surface area contributed by atoms with Crippen molar-refractivity contribution in [3.8, 4) is 34.3 Å². The Hall–Kier alpha value is -2.84. The number of halogens is 3.